The van der Waals surface area contributed by atoms with Crippen molar-refractivity contribution in [2.24, 2.45) is 4.99 Å². The van der Waals surface area contributed by atoms with Gasteiger partial charge in [0.05, 0.1) is 41.5 Å². The molecule has 1 atom stereocenters. The topological polar surface area (TPSA) is 93.9 Å². The van der Waals surface area contributed by atoms with Crippen LogP contribution in [0.25, 0.3) is 11.3 Å². The van der Waals surface area contributed by atoms with Crippen LogP contribution in [0.5, 0.6) is 0 Å². The Morgan fingerprint density at radius 3 is 2.81 bits per heavy atom. The number of pyridine rings is 1. The number of aliphatic imine (C=N–C) groups is 1. The zero-order valence-electron chi connectivity index (χ0n) is 21.2. The average Bonchev–Trinajstić information content (AvgIpc) is 3.60. The maximum Gasteiger partial charge on any atom is 0.279 e. The summed E-state index contributed by atoms with van der Waals surface area (Å²) < 4.78 is 13.4. The van der Waals surface area contributed by atoms with Gasteiger partial charge in [-0.25, -0.2) is 15.0 Å². The number of ether oxygens (including phenoxy) is 2. The first kappa shape index (κ1) is 22.8. The van der Waals surface area contributed by atoms with Gasteiger partial charge in [-0.2, -0.15) is 0 Å². The van der Waals surface area contributed by atoms with Crippen LogP contribution in [0, 0.1) is 0 Å². The van der Waals surface area contributed by atoms with Gasteiger partial charge in [0.15, 0.2) is 0 Å². The quantitative estimate of drug-likeness (QED) is 0.584. The molecule has 3 aliphatic heterocycles. The molecule has 1 aliphatic carbocycles. The maximum absolute atomic E-state index is 12.9. The highest BCUT2D eigenvalue weighted by Gasteiger charge is 2.46. The van der Waals surface area contributed by atoms with Crippen molar-refractivity contribution in [3.63, 3.8) is 0 Å². The molecule has 0 saturated carbocycles. The van der Waals surface area contributed by atoms with E-state index < -0.39 is 0 Å². The van der Waals surface area contributed by atoms with Gasteiger partial charge in [0, 0.05) is 42.5 Å². The number of hydrogen-bond acceptors (Lipinski definition) is 7. The summed E-state index contributed by atoms with van der Waals surface area (Å²) in [6.45, 7) is 3.49. The van der Waals surface area contributed by atoms with Gasteiger partial charge in [0.25, 0.3) is 5.91 Å². The molecule has 9 nitrogen and oxygen atoms in total. The van der Waals surface area contributed by atoms with Crippen LogP contribution in [-0.4, -0.2) is 65.5 Å². The van der Waals surface area contributed by atoms with E-state index in [1.54, 1.807) is 6.21 Å². The number of fused-ring (bicyclic) bond motifs is 4. The molecule has 1 unspecified atom stereocenters. The largest absolute Gasteiger partial charge is 0.381 e. The van der Waals surface area contributed by atoms with E-state index in [9.17, 15) is 4.79 Å². The molecule has 4 aliphatic rings. The monoisotopic (exact) mass is 498 g/mol. The van der Waals surface area contributed by atoms with Gasteiger partial charge < -0.3 is 24.3 Å². The Labute approximate surface area is 215 Å². The molecule has 1 amide bonds. The van der Waals surface area contributed by atoms with E-state index in [-0.39, 0.29) is 17.4 Å². The molecule has 2 aromatic heterocycles. The molecule has 9 heteroatoms. The standard InChI is InChI=1S/C28H30N6O3/c1-33(2)21-13-28(7-10-36-11-8-28)19-4-6-23(32-26(19)21)31-20-5-3-17(18-14-30-27(35)25(18)20)22-15-29-24-16-37-12-9-34(22)24/h3-6,14-15,21H,7-13,16H2,1-2H3,(H,31,32). The summed E-state index contributed by atoms with van der Waals surface area (Å²) in [6.07, 6.45) is 6.66. The summed E-state index contributed by atoms with van der Waals surface area (Å²) >= 11 is 0. The second kappa shape index (κ2) is 8.58. The van der Waals surface area contributed by atoms with Gasteiger partial charge in [-0.05, 0) is 51.1 Å². The van der Waals surface area contributed by atoms with Crippen LogP contribution in [0.3, 0.4) is 0 Å². The Morgan fingerprint density at radius 2 is 1.97 bits per heavy atom. The van der Waals surface area contributed by atoms with Crippen molar-refractivity contribution < 1.29 is 14.3 Å². The van der Waals surface area contributed by atoms with Crippen molar-refractivity contribution in [3.05, 3.63) is 58.7 Å². The van der Waals surface area contributed by atoms with E-state index in [0.717, 1.165) is 78.9 Å². The van der Waals surface area contributed by atoms with Crippen LogP contribution in [0.2, 0.25) is 0 Å². The Kier molecular flexibility index (Phi) is 5.28. The lowest BCUT2D eigenvalue weighted by molar-refractivity contribution is 0.0443. The Hall–Kier alpha value is -3.40. The summed E-state index contributed by atoms with van der Waals surface area (Å²) in [7, 11) is 4.25. The molecule has 1 N–H and O–H groups in total. The second-order valence-corrected chi connectivity index (χ2v) is 10.6. The first-order valence-corrected chi connectivity index (χ1v) is 12.9. The number of anilines is 2. The Balaban J connectivity index is 1.26. The highest BCUT2D eigenvalue weighted by molar-refractivity contribution is 6.19. The zero-order chi connectivity index (χ0) is 25.1. The van der Waals surface area contributed by atoms with Crippen LogP contribution in [0.15, 0.2) is 35.5 Å². The zero-order valence-corrected chi connectivity index (χ0v) is 21.2. The fourth-order valence-corrected chi connectivity index (χ4v) is 6.44. The second-order valence-electron chi connectivity index (χ2n) is 10.6. The van der Waals surface area contributed by atoms with Gasteiger partial charge in [-0.1, -0.05) is 12.1 Å². The predicted molar refractivity (Wildman–Crippen MR) is 140 cm³/mol. The number of nitrogens with zero attached hydrogens (tertiary/aromatic N) is 5. The number of imidazole rings is 1. The van der Waals surface area contributed by atoms with Crippen LogP contribution in [-0.2, 0) is 28.0 Å². The SMILES string of the molecule is CN(C)C1CC2(CCOCC2)c2ccc(Nc3ccc(-c4cnc5n4CCOC5)c4c3C(=O)N=C4)nc21. The summed E-state index contributed by atoms with van der Waals surface area (Å²) in [5.41, 5.74) is 6.65. The molecule has 1 aromatic carbocycles. The molecule has 37 heavy (non-hydrogen) atoms. The number of benzene rings is 1. The maximum atomic E-state index is 12.9. The lowest BCUT2D eigenvalue weighted by Crippen LogP contribution is -2.32. The van der Waals surface area contributed by atoms with Crippen molar-refractivity contribution in [2.75, 3.05) is 39.2 Å². The molecule has 1 spiro atoms. The number of amides is 1. The van der Waals surface area contributed by atoms with Gasteiger partial charge >= 0.3 is 0 Å². The van der Waals surface area contributed by atoms with Crippen molar-refractivity contribution in [1.29, 1.82) is 0 Å². The Bertz CT molecular complexity index is 1440. The van der Waals surface area contributed by atoms with Crippen LogP contribution >= 0.6 is 0 Å². The molecule has 0 radical (unpaired) electrons. The van der Waals surface area contributed by atoms with Crippen LogP contribution in [0.4, 0.5) is 11.5 Å². The van der Waals surface area contributed by atoms with Crippen LogP contribution in [0.1, 0.15) is 58.3 Å². The summed E-state index contributed by atoms with van der Waals surface area (Å²) in [5.74, 6) is 1.40. The normalized spacial score (nSPS) is 21.4. The van der Waals surface area contributed by atoms with E-state index in [2.05, 4.69) is 44.9 Å². The minimum Gasteiger partial charge on any atom is -0.381 e. The van der Waals surface area contributed by atoms with E-state index in [4.69, 9.17) is 14.5 Å². The van der Waals surface area contributed by atoms with Gasteiger partial charge in [-0.15, -0.1) is 0 Å². The number of hydrogen-bond donors (Lipinski definition) is 1. The minimum absolute atomic E-state index is 0.135. The molecular formula is C28H30N6O3. The highest BCUT2D eigenvalue weighted by atomic mass is 16.5. The lowest BCUT2D eigenvalue weighted by atomic mass is 9.75. The van der Waals surface area contributed by atoms with E-state index in [1.807, 2.05) is 24.4 Å². The van der Waals surface area contributed by atoms with E-state index in [1.165, 1.54) is 5.56 Å². The average molecular weight is 499 g/mol. The number of carbonyl (C=O) groups excluding carboxylic acids is 1. The molecule has 7 rings (SSSR count). The lowest BCUT2D eigenvalue weighted by Gasteiger charge is -2.35. The third kappa shape index (κ3) is 3.56. The molecule has 1 fully saturated rings. The van der Waals surface area contributed by atoms with Crippen molar-refractivity contribution >= 4 is 23.6 Å². The third-order valence-electron chi connectivity index (χ3n) is 8.41. The molecule has 3 aromatic rings. The third-order valence-corrected chi connectivity index (χ3v) is 8.41. The number of nitrogens with one attached hydrogen (secondary N) is 1. The minimum atomic E-state index is -0.241. The number of carbonyl (C=O) groups is 1. The molecule has 190 valence electrons. The summed E-state index contributed by atoms with van der Waals surface area (Å²) in [6, 6.07) is 8.52. The van der Waals surface area contributed by atoms with Gasteiger partial charge in [0.2, 0.25) is 0 Å². The smallest absolute Gasteiger partial charge is 0.279 e. The van der Waals surface area contributed by atoms with Crippen molar-refractivity contribution in [2.45, 2.75) is 43.9 Å². The number of rotatable bonds is 4. The fourth-order valence-electron chi connectivity index (χ4n) is 6.44. The first-order chi connectivity index (χ1) is 18.0. The van der Waals surface area contributed by atoms with Gasteiger partial charge in [-0.3, -0.25) is 4.79 Å². The molecule has 5 heterocycles. The Morgan fingerprint density at radius 1 is 1.11 bits per heavy atom. The number of aromatic nitrogens is 3. The fraction of sp³-hybridized carbons (Fsp3) is 0.429. The first-order valence-electron chi connectivity index (χ1n) is 12.9. The molecule has 0 bridgehead atoms. The highest BCUT2D eigenvalue weighted by Crippen LogP contribution is 2.51. The van der Waals surface area contributed by atoms with E-state index in [0.29, 0.717) is 18.8 Å². The van der Waals surface area contributed by atoms with Gasteiger partial charge in [0.1, 0.15) is 18.2 Å². The van der Waals surface area contributed by atoms with Crippen molar-refractivity contribution in [3.8, 4) is 11.3 Å². The predicted octanol–water partition coefficient (Wildman–Crippen LogP) is 3.85. The summed E-state index contributed by atoms with van der Waals surface area (Å²) in [4.78, 5) is 28.9. The molecule has 1 saturated heterocycles. The van der Waals surface area contributed by atoms with Crippen LogP contribution < -0.4 is 5.32 Å². The summed E-state index contributed by atoms with van der Waals surface area (Å²) in [5, 5.41) is 3.45. The van der Waals surface area contributed by atoms with E-state index >= 15 is 0 Å². The van der Waals surface area contributed by atoms with Crippen molar-refractivity contribution in [1.82, 2.24) is 19.4 Å². The molecular weight excluding hydrogens is 468 g/mol.